The van der Waals surface area contributed by atoms with Crippen molar-refractivity contribution in [2.75, 3.05) is 47.0 Å². The van der Waals surface area contributed by atoms with Crippen molar-refractivity contribution in [3.63, 3.8) is 0 Å². The summed E-state index contributed by atoms with van der Waals surface area (Å²) >= 11 is 6.79. The first-order valence-corrected chi connectivity index (χ1v) is 15.7. The molecule has 1 amide bonds. The summed E-state index contributed by atoms with van der Waals surface area (Å²) in [6.07, 6.45) is 7.05. The number of amides is 1. The van der Waals surface area contributed by atoms with Gasteiger partial charge in [0.1, 0.15) is 16.9 Å². The van der Waals surface area contributed by atoms with Crippen LogP contribution in [0.5, 0.6) is 0 Å². The first-order valence-electron chi connectivity index (χ1n) is 15.3. The molecule has 2 aromatic rings. The topological polar surface area (TPSA) is 83.9 Å². The minimum Gasteiger partial charge on any atom is -0.385 e. The van der Waals surface area contributed by atoms with Gasteiger partial charge in [-0.25, -0.2) is 4.98 Å². The van der Waals surface area contributed by atoms with Crippen molar-refractivity contribution in [3.05, 3.63) is 52.8 Å². The quantitative estimate of drug-likeness (QED) is 0.243. The van der Waals surface area contributed by atoms with Crippen LogP contribution in [0, 0.1) is 11.8 Å². The molecule has 2 aliphatic rings. The highest BCUT2D eigenvalue weighted by molar-refractivity contribution is 6.32. The Morgan fingerprint density at radius 2 is 2.02 bits per heavy atom. The smallest absolute Gasteiger partial charge is 0.225 e. The number of methoxy groups -OCH3 is 1. The number of halogens is 1. The number of carbonyl (C=O) groups excluding carboxylic acids is 1. The molecule has 1 aromatic carbocycles. The summed E-state index contributed by atoms with van der Waals surface area (Å²) < 4.78 is 11.6. The van der Waals surface area contributed by atoms with E-state index in [0.29, 0.717) is 55.3 Å². The molecule has 4 rings (SSSR count). The van der Waals surface area contributed by atoms with Gasteiger partial charge in [0, 0.05) is 37.9 Å². The summed E-state index contributed by atoms with van der Waals surface area (Å²) in [5.41, 5.74) is 2.16. The Bertz CT molecular complexity index is 1140. The fourth-order valence-corrected chi connectivity index (χ4v) is 6.80. The maximum Gasteiger partial charge on any atom is 0.225 e. The highest BCUT2D eigenvalue weighted by Crippen LogP contribution is 2.43. The number of benzene rings is 1. The van der Waals surface area contributed by atoms with E-state index < -0.39 is 11.7 Å². The molecule has 2 N–H and O–H groups in total. The summed E-state index contributed by atoms with van der Waals surface area (Å²) in [6, 6.07) is 10.1. The molecule has 2 fully saturated rings. The molecule has 0 radical (unpaired) electrons. The molecule has 1 aliphatic heterocycles. The fourth-order valence-electron chi connectivity index (χ4n) is 6.53. The van der Waals surface area contributed by atoms with Crippen LogP contribution in [0.3, 0.4) is 0 Å². The number of nitrogens with one attached hydrogen (secondary N) is 1. The van der Waals surface area contributed by atoms with Crippen LogP contribution in [-0.2, 0) is 19.9 Å². The first kappa shape index (κ1) is 31.9. The van der Waals surface area contributed by atoms with Gasteiger partial charge in [0.15, 0.2) is 0 Å². The van der Waals surface area contributed by atoms with Crippen molar-refractivity contribution in [3.8, 4) is 11.1 Å². The maximum atomic E-state index is 13.7. The third-order valence-corrected chi connectivity index (χ3v) is 9.26. The van der Waals surface area contributed by atoms with E-state index in [0.717, 1.165) is 56.2 Å². The standard InChI is InChI=1S/C33H48ClN3O4/c1-23(2)26-8-7-9-27(20-26)30-28(14-16-36-31(30)34)33(39,15-5-6-18-40-4)29-22-37(17-19-41-29)32(38)25-12-10-24(11-13-25)21-35-3/h7-9,14,16,20,23-25,29,35,39H,5-6,10-13,15,17-19,21-22H2,1-4H3/t24-,25-,29?,33?. The van der Waals surface area contributed by atoms with Gasteiger partial charge in [0.2, 0.25) is 5.91 Å². The Morgan fingerprint density at radius 3 is 2.73 bits per heavy atom. The number of hydrogen-bond donors (Lipinski definition) is 2. The summed E-state index contributed by atoms with van der Waals surface area (Å²) in [7, 11) is 3.68. The fraction of sp³-hybridized carbons (Fsp3) is 0.636. The number of hydrogen-bond acceptors (Lipinski definition) is 6. The minimum absolute atomic E-state index is 0.0429. The monoisotopic (exact) mass is 585 g/mol. The molecule has 2 heterocycles. The molecule has 1 saturated carbocycles. The number of aliphatic hydroxyl groups is 1. The van der Waals surface area contributed by atoms with E-state index in [1.807, 2.05) is 30.1 Å². The number of rotatable bonds is 12. The average molecular weight is 586 g/mol. The Kier molecular flexibility index (Phi) is 11.6. The van der Waals surface area contributed by atoms with Gasteiger partial charge in [-0.05, 0) is 93.1 Å². The number of carbonyl (C=O) groups is 1. The number of pyridine rings is 1. The van der Waals surface area contributed by atoms with E-state index >= 15 is 0 Å². The van der Waals surface area contributed by atoms with Crippen LogP contribution in [0.1, 0.15) is 75.8 Å². The Balaban J connectivity index is 1.64. The molecule has 1 saturated heterocycles. The van der Waals surface area contributed by atoms with Crippen molar-refractivity contribution in [1.82, 2.24) is 15.2 Å². The molecule has 226 valence electrons. The van der Waals surface area contributed by atoms with E-state index in [2.05, 4.69) is 36.3 Å². The van der Waals surface area contributed by atoms with Gasteiger partial charge in [-0.15, -0.1) is 0 Å². The van der Waals surface area contributed by atoms with E-state index in [4.69, 9.17) is 21.1 Å². The van der Waals surface area contributed by atoms with Gasteiger partial charge >= 0.3 is 0 Å². The van der Waals surface area contributed by atoms with E-state index in [9.17, 15) is 9.90 Å². The van der Waals surface area contributed by atoms with Crippen LogP contribution in [-0.4, -0.2) is 74.0 Å². The summed E-state index contributed by atoms with van der Waals surface area (Å²) in [5, 5.41) is 16.3. The van der Waals surface area contributed by atoms with E-state index in [-0.39, 0.29) is 11.8 Å². The summed E-state index contributed by atoms with van der Waals surface area (Å²) in [5.74, 6) is 1.22. The summed E-state index contributed by atoms with van der Waals surface area (Å²) in [4.78, 5) is 20.0. The number of nitrogens with zero attached hydrogens (tertiary/aromatic N) is 2. The molecule has 41 heavy (non-hydrogen) atoms. The number of morpholine rings is 1. The van der Waals surface area contributed by atoms with E-state index in [1.165, 1.54) is 5.56 Å². The molecular formula is C33H48ClN3O4. The third-order valence-electron chi connectivity index (χ3n) is 8.97. The largest absolute Gasteiger partial charge is 0.385 e. The van der Waals surface area contributed by atoms with Crippen molar-refractivity contribution in [1.29, 1.82) is 0 Å². The molecule has 0 spiro atoms. The highest BCUT2D eigenvalue weighted by Gasteiger charge is 2.45. The van der Waals surface area contributed by atoms with Gasteiger partial charge in [-0.2, -0.15) is 0 Å². The van der Waals surface area contributed by atoms with Crippen molar-refractivity contribution in [2.45, 2.75) is 76.4 Å². The lowest BCUT2D eigenvalue weighted by atomic mass is 9.78. The second-order valence-electron chi connectivity index (χ2n) is 12.1. The lowest BCUT2D eigenvalue weighted by Gasteiger charge is -2.44. The number of unbranched alkanes of at least 4 members (excludes halogenated alkanes) is 1. The zero-order valence-electron chi connectivity index (χ0n) is 25.2. The average Bonchev–Trinajstić information content (AvgIpc) is 2.99. The van der Waals surface area contributed by atoms with Crippen LogP contribution in [0.4, 0.5) is 0 Å². The van der Waals surface area contributed by atoms with Crippen LogP contribution in [0.25, 0.3) is 11.1 Å². The Hall–Kier alpha value is -2.03. The Morgan fingerprint density at radius 1 is 1.24 bits per heavy atom. The third kappa shape index (κ3) is 7.68. The van der Waals surface area contributed by atoms with Crippen molar-refractivity contribution in [2.24, 2.45) is 11.8 Å². The zero-order chi connectivity index (χ0) is 29.4. The molecule has 1 aromatic heterocycles. The van der Waals surface area contributed by atoms with Gasteiger partial charge in [-0.3, -0.25) is 4.79 Å². The SMILES string of the molecule is CNC[C@H]1CC[C@H](C(=O)N2CCOC(C(O)(CCCCOC)c3ccnc(Cl)c3-c3cccc(C(C)C)c3)C2)CC1. The van der Waals surface area contributed by atoms with Crippen LogP contribution >= 0.6 is 11.6 Å². The second kappa shape index (κ2) is 14.9. The molecule has 8 heteroatoms. The second-order valence-corrected chi connectivity index (χ2v) is 12.5. The summed E-state index contributed by atoms with van der Waals surface area (Å²) in [6.45, 7) is 7.23. The molecule has 0 bridgehead atoms. The minimum atomic E-state index is -1.37. The molecule has 1 aliphatic carbocycles. The van der Waals surface area contributed by atoms with Gasteiger partial charge < -0.3 is 24.8 Å². The molecular weight excluding hydrogens is 538 g/mol. The normalized spacial score (nSPS) is 23.0. The Labute approximate surface area is 251 Å². The van der Waals surface area contributed by atoms with Gasteiger partial charge in [-0.1, -0.05) is 49.7 Å². The predicted molar refractivity (Wildman–Crippen MR) is 164 cm³/mol. The van der Waals surface area contributed by atoms with E-state index in [1.54, 1.807) is 13.3 Å². The lowest BCUT2D eigenvalue weighted by molar-refractivity contribution is -0.168. The molecule has 7 nitrogen and oxygen atoms in total. The maximum absolute atomic E-state index is 13.7. The molecule has 2 atom stereocenters. The lowest BCUT2D eigenvalue weighted by Crippen LogP contribution is -2.55. The van der Waals surface area contributed by atoms with Crippen LogP contribution in [0.2, 0.25) is 5.15 Å². The number of ether oxygens (including phenoxy) is 2. The van der Waals surface area contributed by atoms with Crippen molar-refractivity contribution >= 4 is 17.5 Å². The van der Waals surface area contributed by atoms with Crippen molar-refractivity contribution < 1.29 is 19.4 Å². The number of aromatic nitrogens is 1. The highest BCUT2D eigenvalue weighted by atomic mass is 35.5. The van der Waals surface area contributed by atoms with Crippen LogP contribution < -0.4 is 5.32 Å². The predicted octanol–water partition coefficient (Wildman–Crippen LogP) is 5.78. The van der Waals surface area contributed by atoms with Gasteiger partial charge in [0.25, 0.3) is 0 Å². The van der Waals surface area contributed by atoms with Gasteiger partial charge in [0.05, 0.1) is 13.2 Å². The molecule has 2 unspecified atom stereocenters. The zero-order valence-corrected chi connectivity index (χ0v) is 26.0. The van der Waals surface area contributed by atoms with Crippen LogP contribution in [0.15, 0.2) is 36.5 Å². The first-order chi connectivity index (χ1) is 19.8.